The number of guanidine groups is 1. The molecule has 12 N–H and O–H groups in total. The molecule has 3 amide bonds. The molecule has 0 aliphatic carbocycles. The molecule has 0 fully saturated rings. The minimum Gasteiger partial charge on any atom is -0.480 e. The standard InChI is InChI=1S/C17H34N8O5S/c18-6-2-1-4-10(23-13(26)8-19)14(27)25-12(9-31)15(28)24-11(16(29)30)5-3-7-22-17(20)21/h10-12,31H,1-9,18-19H2,(H,23,26)(H,24,28)(H,25,27)(H,29,30)(H4,20,21,22)/t10-,11+,12-/m1/s1. The van der Waals surface area contributed by atoms with Gasteiger partial charge in [-0.25, -0.2) is 4.79 Å². The van der Waals surface area contributed by atoms with Gasteiger partial charge in [0, 0.05) is 12.3 Å². The third-order valence-electron chi connectivity index (χ3n) is 4.16. The lowest BCUT2D eigenvalue weighted by Crippen LogP contribution is -2.56. The van der Waals surface area contributed by atoms with Gasteiger partial charge in [0.05, 0.1) is 6.54 Å². The lowest BCUT2D eigenvalue weighted by Gasteiger charge is -2.23. The van der Waals surface area contributed by atoms with Crippen molar-refractivity contribution in [3.8, 4) is 0 Å². The third-order valence-corrected chi connectivity index (χ3v) is 4.52. The van der Waals surface area contributed by atoms with E-state index >= 15 is 0 Å². The number of carbonyl (C=O) groups is 4. The minimum absolute atomic E-state index is 0.0827. The molecule has 13 nitrogen and oxygen atoms in total. The molecular weight excluding hydrogens is 428 g/mol. The molecule has 0 spiro atoms. The van der Waals surface area contributed by atoms with Crippen molar-refractivity contribution >= 4 is 42.3 Å². The van der Waals surface area contributed by atoms with Crippen molar-refractivity contribution in [3.63, 3.8) is 0 Å². The molecular formula is C17H34N8O5S. The molecule has 0 aliphatic heterocycles. The summed E-state index contributed by atoms with van der Waals surface area (Å²) in [5, 5.41) is 16.7. The number of aliphatic carboxylic acids is 1. The Morgan fingerprint density at radius 2 is 1.45 bits per heavy atom. The van der Waals surface area contributed by atoms with E-state index in [9.17, 15) is 24.3 Å². The van der Waals surface area contributed by atoms with E-state index in [4.69, 9.17) is 22.9 Å². The number of hydrogen-bond acceptors (Lipinski definition) is 8. The molecule has 14 heteroatoms. The van der Waals surface area contributed by atoms with Crippen molar-refractivity contribution in [3.05, 3.63) is 0 Å². The Morgan fingerprint density at radius 3 is 1.97 bits per heavy atom. The summed E-state index contributed by atoms with van der Waals surface area (Å²) < 4.78 is 0. The van der Waals surface area contributed by atoms with Crippen LogP contribution in [0.4, 0.5) is 0 Å². The van der Waals surface area contributed by atoms with Gasteiger partial charge in [0.1, 0.15) is 18.1 Å². The Kier molecular flexibility index (Phi) is 14.8. The highest BCUT2D eigenvalue weighted by atomic mass is 32.1. The fraction of sp³-hybridized carbons (Fsp3) is 0.706. The first-order valence-corrected chi connectivity index (χ1v) is 10.5. The van der Waals surface area contributed by atoms with Crippen LogP contribution in [0.1, 0.15) is 32.1 Å². The van der Waals surface area contributed by atoms with Crippen LogP contribution < -0.4 is 38.9 Å². The molecule has 0 heterocycles. The van der Waals surface area contributed by atoms with Gasteiger partial charge in [-0.05, 0) is 38.6 Å². The summed E-state index contributed by atoms with van der Waals surface area (Å²) in [7, 11) is 0. The zero-order valence-electron chi connectivity index (χ0n) is 17.4. The van der Waals surface area contributed by atoms with Gasteiger partial charge in [0.2, 0.25) is 17.7 Å². The molecule has 0 saturated heterocycles. The van der Waals surface area contributed by atoms with Crippen LogP contribution in [0.5, 0.6) is 0 Å². The van der Waals surface area contributed by atoms with Crippen LogP contribution in [0.25, 0.3) is 0 Å². The summed E-state index contributed by atoms with van der Waals surface area (Å²) in [5.74, 6) is -3.28. The number of nitrogens with one attached hydrogen (secondary N) is 3. The molecule has 0 aromatic heterocycles. The van der Waals surface area contributed by atoms with E-state index in [1.54, 1.807) is 0 Å². The summed E-state index contributed by atoms with van der Waals surface area (Å²) in [6, 6.07) is -3.21. The molecule has 3 atom stereocenters. The highest BCUT2D eigenvalue weighted by Gasteiger charge is 2.28. The quantitative estimate of drug-likeness (QED) is 0.0479. The molecule has 0 unspecified atom stereocenters. The number of aliphatic imine (C=N–C) groups is 1. The number of nitrogens with two attached hydrogens (primary N) is 4. The van der Waals surface area contributed by atoms with Crippen LogP contribution in [0, 0.1) is 0 Å². The zero-order valence-corrected chi connectivity index (χ0v) is 18.3. The van der Waals surface area contributed by atoms with Gasteiger partial charge in [0.25, 0.3) is 0 Å². The number of thiol groups is 1. The smallest absolute Gasteiger partial charge is 0.326 e. The summed E-state index contributed by atoms with van der Waals surface area (Å²) in [6.07, 6.45) is 1.94. The van der Waals surface area contributed by atoms with Gasteiger partial charge in [-0.3, -0.25) is 19.4 Å². The van der Waals surface area contributed by atoms with Crippen LogP contribution in [0.2, 0.25) is 0 Å². The van der Waals surface area contributed by atoms with Crippen LogP contribution in [0.15, 0.2) is 4.99 Å². The largest absolute Gasteiger partial charge is 0.480 e. The number of carbonyl (C=O) groups excluding carboxylic acids is 3. The molecule has 0 aromatic carbocycles. The Morgan fingerprint density at radius 1 is 0.871 bits per heavy atom. The van der Waals surface area contributed by atoms with E-state index in [0.29, 0.717) is 32.2 Å². The fourth-order valence-electron chi connectivity index (χ4n) is 2.51. The Balaban J connectivity index is 4.99. The van der Waals surface area contributed by atoms with Gasteiger partial charge in [0.15, 0.2) is 5.96 Å². The normalized spacial score (nSPS) is 13.4. The molecule has 0 bridgehead atoms. The number of nitrogens with zero attached hydrogens (tertiary/aromatic N) is 1. The highest BCUT2D eigenvalue weighted by molar-refractivity contribution is 7.80. The molecule has 178 valence electrons. The molecule has 0 radical (unpaired) electrons. The van der Waals surface area contributed by atoms with Crippen LogP contribution in [-0.4, -0.2) is 78.3 Å². The number of unbranched alkanes of at least 4 members (excludes halogenated alkanes) is 1. The minimum atomic E-state index is -1.24. The van der Waals surface area contributed by atoms with Gasteiger partial charge in [-0.15, -0.1) is 0 Å². The third kappa shape index (κ3) is 12.7. The maximum atomic E-state index is 12.6. The first-order valence-electron chi connectivity index (χ1n) is 9.85. The van der Waals surface area contributed by atoms with E-state index in [1.165, 1.54) is 0 Å². The average Bonchev–Trinajstić information content (AvgIpc) is 2.72. The maximum Gasteiger partial charge on any atom is 0.326 e. The maximum absolute atomic E-state index is 12.6. The summed E-state index contributed by atoms with van der Waals surface area (Å²) in [6.45, 7) is 0.345. The Hall–Kier alpha value is -2.58. The van der Waals surface area contributed by atoms with E-state index in [0.717, 1.165) is 0 Å². The SMILES string of the molecule is NCCCC[C@@H](NC(=O)CN)C(=O)N[C@H](CS)C(=O)N[C@@H](CCCN=C(N)N)C(=O)O. The number of hydrogen-bond donors (Lipinski definition) is 9. The second kappa shape index (κ2) is 16.2. The number of carboxylic acids is 1. The summed E-state index contributed by atoms with van der Waals surface area (Å²) >= 11 is 4.06. The average molecular weight is 463 g/mol. The van der Waals surface area contributed by atoms with Crippen molar-refractivity contribution in [1.82, 2.24) is 16.0 Å². The van der Waals surface area contributed by atoms with Gasteiger partial charge in [-0.1, -0.05) is 0 Å². The number of carboxylic acid groups (broad SMARTS) is 1. The topological polar surface area (TPSA) is 241 Å². The molecule has 0 rings (SSSR count). The van der Waals surface area contributed by atoms with Gasteiger partial charge in [-0.2, -0.15) is 12.6 Å². The summed E-state index contributed by atoms with van der Waals surface area (Å²) in [5.41, 5.74) is 21.2. The van der Waals surface area contributed by atoms with E-state index in [1.807, 2.05) is 0 Å². The predicted octanol–water partition coefficient (Wildman–Crippen LogP) is -3.40. The van der Waals surface area contributed by atoms with E-state index in [2.05, 4.69) is 33.6 Å². The van der Waals surface area contributed by atoms with Crippen molar-refractivity contribution in [2.45, 2.75) is 50.2 Å². The predicted molar refractivity (Wildman–Crippen MR) is 119 cm³/mol. The number of rotatable bonds is 16. The second-order valence-corrected chi connectivity index (χ2v) is 7.07. The molecule has 0 aliphatic rings. The molecule has 0 saturated carbocycles. The monoisotopic (exact) mass is 462 g/mol. The summed E-state index contributed by atoms with van der Waals surface area (Å²) in [4.78, 5) is 51.9. The second-order valence-electron chi connectivity index (χ2n) is 6.70. The highest BCUT2D eigenvalue weighted by Crippen LogP contribution is 2.04. The van der Waals surface area contributed by atoms with Crippen LogP contribution >= 0.6 is 12.6 Å². The van der Waals surface area contributed by atoms with Gasteiger partial charge < -0.3 is 44.0 Å². The lowest BCUT2D eigenvalue weighted by molar-refractivity contribution is -0.142. The van der Waals surface area contributed by atoms with Crippen molar-refractivity contribution in [1.29, 1.82) is 0 Å². The zero-order chi connectivity index (χ0) is 23.8. The first-order chi connectivity index (χ1) is 14.7. The van der Waals surface area contributed by atoms with Gasteiger partial charge >= 0.3 is 5.97 Å². The Bertz CT molecular complexity index is 630. The van der Waals surface area contributed by atoms with Crippen molar-refractivity contribution in [2.75, 3.05) is 25.4 Å². The molecule has 0 aromatic rings. The van der Waals surface area contributed by atoms with Crippen LogP contribution in [-0.2, 0) is 19.2 Å². The fourth-order valence-corrected chi connectivity index (χ4v) is 2.77. The molecule has 31 heavy (non-hydrogen) atoms. The first kappa shape index (κ1) is 28.4. The van der Waals surface area contributed by atoms with Crippen LogP contribution in [0.3, 0.4) is 0 Å². The van der Waals surface area contributed by atoms with E-state index in [-0.39, 0.29) is 31.2 Å². The van der Waals surface area contributed by atoms with E-state index < -0.39 is 41.8 Å². The Labute approximate surface area is 186 Å². The van der Waals surface area contributed by atoms with Crippen molar-refractivity contribution in [2.24, 2.45) is 27.9 Å². The number of amides is 3. The van der Waals surface area contributed by atoms with Crippen molar-refractivity contribution < 1.29 is 24.3 Å². The lowest BCUT2D eigenvalue weighted by atomic mass is 10.1.